The van der Waals surface area contributed by atoms with Crippen molar-refractivity contribution in [2.45, 2.75) is 19.8 Å². The van der Waals surface area contributed by atoms with E-state index in [0.29, 0.717) is 5.89 Å². The quantitative estimate of drug-likeness (QED) is 0.552. The van der Waals surface area contributed by atoms with E-state index >= 15 is 0 Å². The van der Waals surface area contributed by atoms with Crippen LogP contribution < -0.4 is 0 Å². The number of hydrogen-bond donors (Lipinski definition) is 0. The van der Waals surface area contributed by atoms with Crippen LogP contribution >= 0.6 is 0 Å². The molecule has 4 rings (SSSR count). The molecule has 0 unspecified atom stereocenters. The normalized spacial score (nSPS) is 11.2. The first-order valence-electron chi connectivity index (χ1n) is 7.83. The molecule has 0 aliphatic rings. The maximum Gasteiger partial charge on any atom is 0.230 e. The minimum Gasteiger partial charge on any atom is -0.436 e. The number of benzene rings is 2. The fourth-order valence-corrected chi connectivity index (χ4v) is 2.71. The minimum absolute atomic E-state index is 0.599. The van der Waals surface area contributed by atoms with E-state index in [1.165, 1.54) is 5.56 Å². The van der Waals surface area contributed by atoms with Gasteiger partial charge >= 0.3 is 0 Å². The smallest absolute Gasteiger partial charge is 0.230 e. The Bertz CT molecular complexity index is 919. The lowest BCUT2D eigenvalue weighted by atomic mass is 10.1. The van der Waals surface area contributed by atoms with Crippen molar-refractivity contribution in [3.63, 3.8) is 0 Å². The van der Waals surface area contributed by atoms with Crippen LogP contribution in [0.1, 0.15) is 18.9 Å². The molecule has 0 radical (unpaired) electrons. The Kier molecular flexibility index (Phi) is 3.42. The fourth-order valence-electron chi connectivity index (χ4n) is 2.71. The Morgan fingerprint density at radius 1 is 1.09 bits per heavy atom. The molecule has 4 nitrogen and oxygen atoms in total. The van der Waals surface area contributed by atoms with Gasteiger partial charge < -0.3 is 4.42 Å². The summed E-state index contributed by atoms with van der Waals surface area (Å²) in [4.78, 5) is 4.52. The monoisotopic (exact) mass is 303 g/mol. The van der Waals surface area contributed by atoms with Gasteiger partial charge in [-0.15, -0.1) is 0 Å². The van der Waals surface area contributed by atoms with Gasteiger partial charge in [0.05, 0.1) is 17.4 Å². The van der Waals surface area contributed by atoms with Crippen LogP contribution in [-0.4, -0.2) is 14.8 Å². The first-order valence-corrected chi connectivity index (χ1v) is 7.83. The second kappa shape index (κ2) is 5.72. The molecule has 2 aromatic heterocycles. The van der Waals surface area contributed by atoms with Gasteiger partial charge in [0, 0.05) is 6.20 Å². The summed E-state index contributed by atoms with van der Waals surface area (Å²) >= 11 is 0. The zero-order valence-electron chi connectivity index (χ0n) is 12.9. The van der Waals surface area contributed by atoms with Crippen molar-refractivity contribution < 1.29 is 4.42 Å². The number of rotatable bonds is 4. The molecule has 0 saturated carbocycles. The second-order valence-corrected chi connectivity index (χ2v) is 5.58. The highest BCUT2D eigenvalue weighted by Crippen LogP contribution is 2.24. The van der Waals surface area contributed by atoms with Crippen LogP contribution in [0.5, 0.6) is 0 Å². The summed E-state index contributed by atoms with van der Waals surface area (Å²) in [5.74, 6) is 0.599. The number of para-hydroxylation sites is 2. The van der Waals surface area contributed by atoms with E-state index in [1.54, 1.807) is 6.20 Å². The summed E-state index contributed by atoms with van der Waals surface area (Å²) in [6.07, 6.45) is 5.96. The molecule has 0 fully saturated rings. The van der Waals surface area contributed by atoms with Crippen molar-refractivity contribution in [3.05, 3.63) is 66.5 Å². The zero-order chi connectivity index (χ0) is 15.6. The van der Waals surface area contributed by atoms with Gasteiger partial charge in [-0.3, -0.25) is 0 Å². The predicted octanol–water partition coefficient (Wildman–Crippen LogP) is 4.63. The van der Waals surface area contributed by atoms with Crippen LogP contribution in [0.2, 0.25) is 0 Å². The Balaban J connectivity index is 1.69. The lowest BCUT2D eigenvalue weighted by Crippen LogP contribution is -1.95. The van der Waals surface area contributed by atoms with E-state index in [0.717, 1.165) is 35.2 Å². The highest BCUT2D eigenvalue weighted by Gasteiger charge is 2.10. The van der Waals surface area contributed by atoms with Crippen LogP contribution in [0.4, 0.5) is 0 Å². The van der Waals surface area contributed by atoms with Gasteiger partial charge in [0.25, 0.3) is 0 Å². The standard InChI is InChI=1S/C19H17N3O/c1-2-6-14-7-5-8-16(11-14)22-13-15(12-20-22)19-21-17-9-3-4-10-18(17)23-19/h3-5,7-13H,2,6H2,1H3. The number of fused-ring (bicyclic) bond motifs is 1. The van der Waals surface area contributed by atoms with Crippen LogP contribution in [0.15, 0.2) is 65.3 Å². The molecule has 23 heavy (non-hydrogen) atoms. The van der Waals surface area contributed by atoms with E-state index in [2.05, 4.69) is 41.3 Å². The Morgan fingerprint density at radius 3 is 2.87 bits per heavy atom. The molecular formula is C19H17N3O. The third-order valence-electron chi connectivity index (χ3n) is 3.84. The summed E-state index contributed by atoms with van der Waals surface area (Å²) < 4.78 is 7.67. The van der Waals surface area contributed by atoms with Crippen molar-refractivity contribution in [1.29, 1.82) is 0 Å². The lowest BCUT2D eigenvalue weighted by Gasteiger charge is -2.04. The molecule has 2 aromatic carbocycles. The number of aromatic nitrogens is 3. The molecule has 4 aromatic rings. The van der Waals surface area contributed by atoms with Gasteiger partial charge in [0.15, 0.2) is 5.58 Å². The van der Waals surface area contributed by atoms with Crippen molar-refractivity contribution in [2.24, 2.45) is 0 Å². The van der Waals surface area contributed by atoms with Crippen molar-refractivity contribution >= 4 is 11.1 Å². The highest BCUT2D eigenvalue weighted by atomic mass is 16.3. The van der Waals surface area contributed by atoms with E-state index < -0.39 is 0 Å². The average molecular weight is 303 g/mol. The summed E-state index contributed by atoms with van der Waals surface area (Å²) in [5.41, 5.74) is 4.91. The number of oxazole rings is 1. The maximum atomic E-state index is 5.80. The highest BCUT2D eigenvalue weighted by molar-refractivity contribution is 5.75. The van der Waals surface area contributed by atoms with E-state index in [-0.39, 0.29) is 0 Å². The number of hydrogen-bond acceptors (Lipinski definition) is 3. The molecule has 4 heteroatoms. The lowest BCUT2D eigenvalue weighted by molar-refractivity contribution is 0.620. The molecule has 0 saturated heterocycles. The number of aryl methyl sites for hydroxylation is 1. The van der Waals surface area contributed by atoms with Crippen LogP contribution in [0.25, 0.3) is 28.2 Å². The molecular weight excluding hydrogens is 286 g/mol. The van der Waals surface area contributed by atoms with E-state index in [9.17, 15) is 0 Å². The summed E-state index contributed by atoms with van der Waals surface area (Å²) in [7, 11) is 0. The molecule has 0 bridgehead atoms. The van der Waals surface area contributed by atoms with E-state index in [4.69, 9.17) is 4.42 Å². The van der Waals surface area contributed by atoms with Gasteiger partial charge in [-0.05, 0) is 36.2 Å². The fraction of sp³-hybridized carbons (Fsp3) is 0.158. The molecule has 0 atom stereocenters. The van der Waals surface area contributed by atoms with Crippen molar-refractivity contribution in [3.8, 4) is 17.1 Å². The third kappa shape index (κ3) is 2.63. The van der Waals surface area contributed by atoms with Gasteiger partial charge in [0.2, 0.25) is 5.89 Å². The van der Waals surface area contributed by atoms with Gasteiger partial charge in [-0.2, -0.15) is 5.10 Å². The van der Waals surface area contributed by atoms with E-state index in [1.807, 2.05) is 35.1 Å². The van der Waals surface area contributed by atoms with Crippen LogP contribution in [0.3, 0.4) is 0 Å². The van der Waals surface area contributed by atoms with Crippen molar-refractivity contribution in [2.75, 3.05) is 0 Å². The maximum absolute atomic E-state index is 5.80. The van der Waals surface area contributed by atoms with Crippen LogP contribution in [0, 0.1) is 0 Å². The second-order valence-electron chi connectivity index (χ2n) is 5.58. The Labute approximate surface area is 134 Å². The Morgan fingerprint density at radius 2 is 2.00 bits per heavy atom. The zero-order valence-corrected chi connectivity index (χ0v) is 12.9. The summed E-state index contributed by atoms with van der Waals surface area (Å²) in [5, 5.41) is 4.45. The Hall–Kier alpha value is -2.88. The number of nitrogens with zero attached hydrogens (tertiary/aromatic N) is 3. The molecule has 0 amide bonds. The SMILES string of the molecule is CCCc1cccc(-n2cc(-c3nc4ccccc4o3)cn2)c1. The molecule has 0 aliphatic heterocycles. The van der Waals surface area contributed by atoms with Crippen molar-refractivity contribution in [1.82, 2.24) is 14.8 Å². The third-order valence-corrected chi connectivity index (χ3v) is 3.84. The molecule has 114 valence electrons. The minimum atomic E-state index is 0.599. The summed E-state index contributed by atoms with van der Waals surface area (Å²) in [6.45, 7) is 2.19. The van der Waals surface area contributed by atoms with Gasteiger partial charge in [-0.25, -0.2) is 9.67 Å². The molecule has 2 heterocycles. The average Bonchev–Trinajstić information content (AvgIpc) is 3.22. The topological polar surface area (TPSA) is 43.9 Å². The molecule has 0 aliphatic carbocycles. The van der Waals surface area contributed by atoms with Gasteiger partial charge in [0.1, 0.15) is 5.52 Å². The largest absolute Gasteiger partial charge is 0.436 e. The summed E-state index contributed by atoms with van der Waals surface area (Å²) in [6, 6.07) is 16.2. The van der Waals surface area contributed by atoms with Gasteiger partial charge in [-0.1, -0.05) is 37.6 Å². The molecule has 0 spiro atoms. The first kappa shape index (κ1) is 13.8. The molecule has 0 N–H and O–H groups in total. The van der Waals surface area contributed by atoms with Crippen LogP contribution in [-0.2, 0) is 6.42 Å². The predicted molar refractivity (Wildman–Crippen MR) is 90.6 cm³/mol. The first-order chi connectivity index (χ1) is 11.3.